The second kappa shape index (κ2) is 6.61. The molecule has 0 spiro atoms. The Morgan fingerprint density at radius 2 is 2.00 bits per heavy atom. The SMILES string of the molecule is Cc1cc(C(=O)N2CCn3cc(CN4CCN(C)CC4)nc3C2)no1. The van der Waals surface area contributed by atoms with Gasteiger partial charge in [-0.3, -0.25) is 9.69 Å². The molecule has 1 amide bonds. The number of hydrogen-bond donors (Lipinski definition) is 0. The maximum atomic E-state index is 12.5. The van der Waals surface area contributed by atoms with Crippen molar-refractivity contribution < 1.29 is 9.32 Å². The quantitative estimate of drug-likeness (QED) is 0.811. The van der Waals surface area contributed by atoms with Gasteiger partial charge in [-0.05, 0) is 14.0 Å². The van der Waals surface area contributed by atoms with E-state index in [-0.39, 0.29) is 5.91 Å². The third kappa shape index (κ3) is 3.45. The van der Waals surface area contributed by atoms with Gasteiger partial charge in [0.1, 0.15) is 11.6 Å². The summed E-state index contributed by atoms with van der Waals surface area (Å²) in [5, 5.41) is 3.83. The Bertz CT molecular complexity index is 759. The highest BCUT2D eigenvalue weighted by Gasteiger charge is 2.26. The lowest BCUT2D eigenvalue weighted by Crippen LogP contribution is -2.43. The molecule has 8 heteroatoms. The van der Waals surface area contributed by atoms with Gasteiger partial charge in [0.2, 0.25) is 0 Å². The van der Waals surface area contributed by atoms with Crippen molar-refractivity contribution in [2.24, 2.45) is 0 Å². The Kier molecular flexibility index (Phi) is 4.30. The summed E-state index contributed by atoms with van der Waals surface area (Å²) in [7, 11) is 2.16. The van der Waals surface area contributed by atoms with Gasteiger partial charge in [0.15, 0.2) is 5.69 Å². The average Bonchev–Trinajstić information content (AvgIpc) is 3.21. The van der Waals surface area contributed by atoms with Crippen LogP contribution in [0, 0.1) is 6.92 Å². The number of nitrogens with zero attached hydrogens (tertiary/aromatic N) is 6. The van der Waals surface area contributed by atoms with E-state index in [9.17, 15) is 4.79 Å². The van der Waals surface area contributed by atoms with E-state index >= 15 is 0 Å². The molecule has 0 radical (unpaired) electrons. The largest absolute Gasteiger partial charge is 0.361 e. The number of amides is 1. The summed E-state index contributed by atoms with van der Waals surface area (Å²) >= 11 is 0. The fraction of sp³-hybridized carbons (Fsp3) is 0.588. The standard InChI is InChI=1S/C17H24N6O2/c1-13-9-15(19-25-13)17(24)23-8-7-22-11-14(18-16(22)12-23)10-21-5-3-20(2)4-6-21/h9,11H,3-8,10,12H2,1-2H3. The van der Waals surface area contributed by atoms with Crippen LogP contribution in [0.3, 0.4) is 0 Å². The smallest absolute Gasteiger partial charge is 0.276 e. The van der Waals surface area contributed by atoms with E-state index in [2.05, 4.69) is 32.8 Å². The first-order chi connectivity index (χ1) is 12.1. The second-order valence-corrected chi connectivity index (χ2v) is 6.97. The zero-order chi connectivity index (χ0) is 17.4. The van der Waals surface area contributed by atoms with E-state index in [1.54, 1.807) is 17.9 Å². The van der Waals surface area contributed by atoms with Crippen LogP contribution < -0.4 is 0 Å². The van der Waals surface area contributed by atoms with Crippen LogP contribution in [-0.2, 0) is 19.6 Å². The Labute approximate surface area is 147 Å². The Balaban J connectivity index is 1.41. The molecule has 0 aliphatic carbocycles. The number of aryl methyl sites for hydroxylation is 1. The zero-order valence-corrected chi connectivity index (χ0v) is 14.8. The Hall–Kier alpha value is -2.19. The number of aromatic nitrogens is 3. The summed E-state index contributed by atoms with van der Waals surface area (Å²) in [5.74, 6) is 1.51. The van der Waals surface area contributed by atoms with E-state index < -0.39 is 0 Å². The van der Waals surface area contributed by atoms with Gasteiger partial charge in [0.25, 0.3) is 5.91 Å². The van der Waals surface area contributed by atoms with Crippen molar-refractivity contribution in [2.45, 2.75) is 26.6 Å². The van der Waals surface area contributed by atoms with Gasteiger partial charge in [-0.15, -0.1) is 0 Å². The Morgan fingerprint density at radius 3 is 2.72 bits per heavy atom. The molecule has 2 aromatic rings. The van der Waals surface area contributed by atoms with Crippen LogP contribution in [0.2, 0.25) is 0 Å². The van der Waals surface area contributed by atoms with Crippen LogP contribution in [0.15, 0.2) is 16.8 Å². The fourth-order valence-electron chi connectivity index (χ4n) is 3.43. The van der Waals surface area contributed by atoms with Crippen LogP contribution in [0.1, 0.15) is 27.8 Å². The third-order valence-electron chi connectivity index (χ3n) is 4.97. The molecule has 0 bridgehead atoms. The van der Waals surface area contributed by atoms with Gasteiger partial charge in [0.05, 0.1) is 12.2 Å². The molecule has 25 heavy (non-hydrogen) atoms. The van der Waals surface area contributed by atoms with Crippen molar-refractivity contribution in [2.75, 3.05) is 39.8 Å². The highest BCUT2D eigenvalue weighted by Crippen LogP contribution is 2.17. The van der Waals surface area contributed by atoms with Gasteiger partial charge in [-0.1, -0.05) is 5.16 Å². The molecule has 1 fully saturated rings. The number of rotatable bonds is 3. The monoisotopic (exact) mass is 344 g/mol. The first-order valence-electron chi connectivity index (χ1n) is 8.77. The van der Waals surface area contributed by atoms with Crippen LogP contribution in [0.4, 0.5) is 0 Å². The van der Waals surface area contributed by atoms with Crippen LogP contribution >= 0.6 is 0 Å². The normalized spacial score (nSPS) is 19.2. The maximum Gasteiger partial charge on any atom is 0.276 e. The number of hydrogen-bond acceptors (Lipinski definition) is 6. The van der Waals surface area contributed by atoms with E-state index in [4.69, 9.17) is 9.51 Å². The number of likely N-dealkylation sites (N-methyl/N-ethyl adjacent to an activating group) is 1. The van der Waals surface area contributed by atoms with E-state index in [1.165, 1.54) is 0 Å². The van der Waals surface area contributed by atoms with Crippen molar-refractivity contribution in [1.82, 2.24) is 29.4 Å². The summed E-state index contributed by atoms with van der Waals surface area (Å²) in [6.45, 7) is 8.99. The summed E-state index contributed by atoms with van der Waals surface area (Å²) < 4.78 is 7.18. The molecule has 2 aliphatic rings. The van der Waals surface area contributed by atoms with Crippen LogP contribution in [0.25, 0.3) is 0 Å². The molecule has 1 saturated heterocycles. The fourth-order valence-corrected chi connectivity index (χ4v) is 3.43. The molecule has 4 rings (SSSR count). The van der Waals surface area contributed by atoms with Crippen molar-refractivity contribution >= 4 is 5.91 Å². The maximum absolute atomic E-state index is 12.5. The molecule has 0 unspecified atom stereocenters. The predicted molar refractivity (Wildman–Crippen MR) is 91.0 cm³/mol. The summed E-state index contributed by atoms with van der Waals surface area (Å²) in [4.78, 5) is 23.9. The first kappa shape index (κ1) is 16.3. The van der Waals surface area contributed by atoms with E-state index in [0.717, 1.165) is 50.8 Å². The minimum absolute atomic E-state index is 0.0910. The number of imidazole rings is 1. The summed E-state index contributed by atoms with van der Waals surface area (Å²) in [6.07, 6.45) is 2.13. The van der Waals surface area contributed by atoms with Gasteiger partial charge in [-0.25, -0.2) is 4.98 Å². The molecule has 8 nitrogen and oxygen atoms in total. The van der Waals surface area contributed by atoms with Crippen molar-refractivity contribution in [3.8, 4) is 0 Å². The number of carbonyl (C=O) groups is 1. The number of carbonyl (C=O) groups excluding carboxylic acids is 1. The molecule has 0 aromatic carbocycles. The first-order valence-corrected chi connectivity index (χ1v) is 8.77. The van der Waals surface area contributed by atoms with Crippen LogP contribution in [-0.4, -0.2) is 75.1 Å². The summed E-state index contributed by atoms with van der Waals surface area (Å²) in [5.41, 5.74) is 1.46. The summed E-state index contributed by atoms with van der Waals surface area (Å²) in [6, 6.07) is 1.68. The lowest BCUT2D eigenvalue weighted by molar-refractivity contribution is 0.0697. The van der Waals surface area contributed by atoms with Crippen molar-refractivity contribution in [3.05, 3.63) is 35.2 Å². The zero-order valence-electron chi connectivity index (χ0n) is 14.8. The van der Waals surface area contributed by atoms with Gasteiger partial charge >= 0.3 is 0 Å². The molecule has 0 atom stereocenters. The van der Waals surface area contributed by atoms with Gasteiger partial charge < -0.3 is 18.9 Å². The molecule has 0 saturated carbocycles. The minimum Gasteiger partial charge on any atom is -0.361 e. The molecule has 4 heterocycles. The van der Waals surface area contributed by atoms with Crippen molar-refractivity contribution in [3.63, 3.8) is 0 Å². The van der Waals surface area contributed by atoms with Crippen LogP contribution in [0.5, 0.6) is 0 Å². The lowest BCUT2D eigenvalue weighted by Gasteiger charge is -2.31. The highest BCUT2D eigenvalue weighted by atomic mass is 16.5. The Morgan fingerprint density at radius 1 is 1.20 bits per heavy atom. The molecular weight excluding hydrogens is 320 g/mol. The van der Waals surface area contributed by atoms with E-state index in [1.807, 2.05) is 0 Å². The molecular formula is C17H24N6O2. The molecule has 0 N–H and O–H groups in total. The van der Waals surface area contributed by atoms with Gasteiger partial charge in [0, 0.05) is 58.1 Å². The van der Waals surface area contributed by atoms with Gasteiger partial charge in [-0.2, -0.15) is 0 Å². The second-order valence-electron chi connectivity index (χ2n) is 6.97. The average molecular weight is 344 g/mol. The van der Waals surface area contributed by atoms with Crippen molar-refractivity contribution in [1.29, 1.82) is 0 Å². The molecule has 134 valence electrons. The van der Waals surface area contributed by atoms with E-state index in [0.29, 0.717) is 24.5 Å². The lowest BCUT2D eigenvalue weighted by atomic mass is 10.3. The highest BCUT2D eigenvalue weighted by molar-refractivity contribution is 5.92. The molecule has 2 aromatic heterocycles. The number of fused-ring (bicyclic) bond motifs is 1. The topological polar surface area (TPSA) is 70.6 Å². The predicted octanol–water partition coefficient (Wildman–Crippen LogP) is 0.583. The molecule has 2 aliphatic heterocycles. The number of piperazine rings is 1. The third-order valence-corrected chi connectivity index (χ3v) is 4.97. The minimum atomic E-state index is -0.0910.